The van der Waals surface area contributed by atoms with Gasteiger partial charge in [-0.2, -0.15) is 11.3 Å². The number of aliphatic imine (C=N–C) groups is 1. The van der Waals surface area contributed by atoms with Gasteiger partial charge in [-0.3, -0.25) is 4.90 Å². The fourth-order valence-electron chi connectivity index (χ4n) is 2.97. The van der Waals surface area contributed by atoms with E-state index in [4.69, 9.17) is 4.42 Å². The maximum Gasteiger partial charge on any atom is 0.191 e. The maximum atomic E-state index is 5.46. The number of hydrogen-bond acceptors (Lipinski definition) is 4. The topological polar surface area (TPSA) is 52.8 Å². The molecular formula is C22H28N4OS. The van der Waals surface area contributed by atoms with Gasteiger partial charge in [0.2, 0.25) is 0 Å². The average molecular weight is 397 g/mol. The summed E-state index contributed by atoms with van der Waals surface area (Å²) in [7, 11) is 2.11. The van der Waals surface area contributed by atoms with E-state index in [1.165, 1.54) is 16.7 Å². The Kier molecular flexibility index (Phi) is 7.70. The second-order valence-electron chi connectivity index (χ2n) is 6.70. The van der Waals surface area contributed by atoms with E-state index < -0.39 is 0 Å². The molecule has 1 aromatic carbocycles. The van der Waals surface area contributed by atoms with E-state index in [0.29, 0.717) is 6.54 Å². The molecule has 3 aromatic rings. The summed E-state index contributed by atoms with van der Waals surface area (Å²) in [6.45, 7) is 6.00. The van der Waals surface area contributed by atoms with Gasteiger partial charge in [0.15, 0.2) is 5.96 Å². The quantitative estimate of drug-likeness (QED) is 0.420. The SMILES string of the molecule is CCNC(=NCc1ccsc1)NCc1ccccc1CN(C)Cc1ccco1. The summed E-state index contributed by atoms with van der Waals surface area (Å²) in [6, 6.07) is 14.6. The van der Waals surface area contributed by atoms with E-state index in [2.05, 4.69) is 75.6 Å². The van der Waals surface area contributed by atoms with Crippen molar-refractivity contribution in [2.24, 2.45) is 4.99 Å². The molecule has 0 aliphatic carbocycles. The van der Waals surface area contributed by atoms with Crippen molar-refractivity contribution in [2.45, 2.75) is 33.1 Å². The lowest BCUT2D eigenvalue weighted by Gasteiger charge is -2.19. The fraction of sp³-hybridized carbons (Fsp3) is 0.318. The monoisotopic (exact) mass is 396 g/mol. The van der Waals surface area contributed by atoms with Crippen molar-refractivity contribution in [3.8, 4) is 0 Å². The van der Waals surface area contributed by atoms with Crippen LogP contribution in [0, 0.1) is 0 Å². The van der Waals surface area contributed by atoms with Gasteiger partial charge >= 0.3 is 0 Å². The number of furan rings is 1. The van der Waals surface area contributed by atoms with Crippen LogP contribution in [-0.4, -0.2) is 24.5 Å². The first-order valence-electron chi connectivity index (χ1n) is 9.55. The molecule has 0 amide bonds. The predicted octanol–water partition coefficient (Wildman–Crippen LogP) is 4.23. The van der Waals surface area contributed by atoms with Gasteiger partial charge in [-0.05, 0) is 59.6 Å². The second kappa shape index (κ2) is 10.7. The van der Waals surface area contributed by atoms with Crippen molar-refractivity contribution in [3.63, 3.8) is 0 Å². The van der Waals surface area contributed by atoms with E-state index in [1.807, 2.05) is 12.1 Å². The van der Waals surface area contributed by atoms with Gasteiger partial charge in [0.25, 0.3) is 0 Å². The van der Waals surface area contributed by atoms with Crippen LogP contribution in [-0.2, 0) is 26.2 Å². The van der Waals surface area contributed by atoms with Crippen molar-refractivity contribution in [1.29, 1.82) is 0 Å². The molecular weight excluding hydrogens is 368 g/mol. The summed E-state index contributed by atoms with van der Waals surface area (Å²) >= 11 is 1.70. The van der Waals surface area contributed by atoms with Crippen LogP contribution in [0.15, 0.2) is 68.9 Å². The van der Waals surface area contributed by atoms with Crippen LogP contribution in [0.2, 0.25) is 0 Å². The molecule has 0 saturated heterocycles. The Labute approximate surface area is 171 Å². The van der Waals surface area contributed by atoms with Gasteiger partial charge < -0.3 is 15.1 Å². The Morgan fingerprint density at radius 2 is 1.93 bits per heavy atom. The van der Waals surface area contributed by atoms with Crippen LogP contribution in [0.1, 0.15) is 29.4 Å². The minimum absolute atomic E-state index is 0.687. The van der Waals surface area contributed by atoms with E-state index in [-0.39, 0.29) is 0 Å². The highest BCUT2D eigenvalue weighted by molar-refractivity contribution is 7.07. The molecule has 0 aliphatic heterocycles. The first kappa shape index (κ1) is 20.2. The van der Waals surface area contributed by atoms with Gasteiger partial charge in [-0.15, -0.1) is 0 Å². The number of thiophene rings is 1. The number of guanidine groups is 1. The van der Waals surface area contributed by atoms with Crippen LogP contribution >= 0.6 is 11.3 Å². The highest BCUT2D eigenvalue weighted by atomic mass is 32.1. The predicted molar refractivity (Wildman–Crippen MR) is 116 cm³/mol. The largest absolute Gasteiger partial charge is 0.468 e. The van der Waals surface area contributed by atoms with E-state index >= 15 is 0 Å². The Morgan fingerprint density at radius 3 is 2.64 bits per heavy atom. The molecule has 0 bridgehead atoms. The molecule has 0 radical (unpaired) electrons. The van der Waals surface area contributed by atoms with E-state index in [1.54, 1.807) is 17.6 Å². The van der Waals surface area contributed by atoms with Crippen molar-refractivity contribution in [2.75, 3.05) is 13.6 Å². The lowest BCUT2D eigenvalue weighted by atomic mass is 10.1. The van der Waals surface area contributed by atoms with Gasteiger partial charge in [0.1, 0.15) is 5.76 Å². The van der Waals surface area contributed by atoms with Crippen molar-refractivity contribution < 1.29 is 4.42 Å². The molecule has 0 aliphatic rings. The summed E-state index contributed by atoms with van der Waals surface area (Å²) in [5.74, 6) is 1.82. The van der Waals surface area contributed by atoms with Gasteiger partial charge in [0, 0.05) is 19.6 Å². The third-order valence-electron chi connectivity index (χ3n) is 4.35. The molecule has 2 N–H and O–H groups in total. The normalized spacial score (nSPS) is 11.8. The minimum Gasteiger partial charge on any atom is -0.468 e. The minimum atomic E-state index is 0.687. The molecule has 5 nitrogen and oxygen atoms in total. The number of rotatable bonds is 9. The zero-order valence-corrected chi connectivity index (χ0v) is 17.3. The number of nitrogens with one attached hydrogen (secondary N) is 2. The van der Waals surface area contributed by atoms with Gasteiger partial charge in [-0.1, -0.05) is 24.3 Å². The van der Waals surface area contributed by atoms with Gasteiger partial charge in [0.05, 0.1) is 19.4 Å². The Morgan fingerprint density at radius 1 is 1.07 bits per heavy atom. The third kappa shape index (κ3) is 6.25. The lowest BCUT2D eigenvalue weighted by Crippen LogP contribution is -2.37. The molecule has 2 heterocycles. The summed E-state index contributed by atoms with van der Waals surface area (Å²) in [5.41, 5.74) is 3.81. The highest BCUT2D eigenvalue weighted by Gasteiger charge is 2.08. The van der Waals surface area contributed by atoms with Crippen LogP contribution in [0.4, 0.5) is 0 Å². The fourth-order valence-corrected chi connectivity index (χ4v) is 3.63. The van der Waals surface area contributed by atoms with Crippen LogP contribution in [0.25, 0.3) is 0 Å². The maximum absolute atomic E-state index is 5.46. The Bertz CT molecular complexity index is 843. The number of hydrogen-bond donors (Lipinski definition) is 2. The average Bonchev–Trinajstić information content (AvgIpc) is 3.39. The smallest absolute Gasteiger partial charge is 0.191 e. The van der Waals surface area contributed by atoms with Crippen LogP contribution in [0.3, 0.4) is 0 Å². The molecule has 2 aromatic heterocycles. The lowest BCUT2D eigenvalue weighted by molar-refractivity contribution is 0.287. The van der Waals surface area contributed by atoms with Crippen molar-refractivity contribution >= 4 is 17.3 Å². The van der Waals surface area contributed by atoms with E-state index in [0.717, 1.165) is 37.9 Å². The summed E-state index contributed by atoms with van der Waals surface area (Å²) in [4.78, 5) is 6.95. The summed E-state index contributed by atoms with van der Waals surface area (Å²) < 4.78 is 5.46. The third-order valence-corrected chi connectivity index (χ3v) is 5.09. The molecule has 6 heteroatoms. The first-order chi connectivity index (χ1) is 13.7. The zero-order chi connectivity index (χ0) is 19.6. The molecule has 0 spiro atoms. The van der Waals surface area contributed by atoms with Crippen molar-refractivity contribution in [1.82, 2.24) is 15.5 Å². The highest BCUT2D eigenvalue weighted by Crippen LogP contribution is 2.13. The Hall–Kier alpha value is -2.57. The zero-order valence-electron chi connectivity index (χ0n) is 16.5. The van der Waals surface area contributed by atoms with Crippen LogP contribution < -0.4 is 10.6 Å². The van der Waals surface area contributed by atoms with Crippen molar-refractivity contribution in [3.05, 3.63) is 81.9 Å². The summed E-state index contributed by atoms with van der Waals surface area (Å²) in [5, 5.41) is 11.0. The molecule has 0 unspecified atom stereocenters. The molecule has 3 rings (SSSR count). The molecule has 28 heavy (non-hydrogen) atoms. The summed E-state index contributed by atoms with van der Waals surface area (Å²) in [6.07, 6.45) is 1.72. The number of benzene rings is 1. The van der Waals surface area contributed by atoms with E-state index in [9.17, 15) is 0 Å². The first-order valence-corrected chi connectivity index (χ1v) is 10.5. The molecule has 0 fully saturated rings. The second-order valence-corrected chi connectivity index (χ2v) is 7.48. The number of nitrogens with zero attached hydrogens (tertiary/aromatic N) is 2. The molecule has 0 atom stereocenters. The van der Waals surface area contributed by atoms with Gasteiger partial charge in [-0.25, -0.2) is 4.99 Å². The molecule has 148 valence electrons. The standard InChI is InChI=1S/C22H28N4OS/c1-3-23-22(24-13-18-10-12-28-17-18)25-14-19-7-4-5-8-20(19)15-26(2)16-21-9-6-11-27-21/h4-12,17H,3,13-16H2,1-2H3,(H2,23,24,25). The van der Waals surface area contributed by atoms with Crippen LogP contribution in [0.5, 0.6) is 0 Å². The Balaban J connectivity index is 1.60. The molecule has 0 saturated carbocycles.